The summed E-state index contributed by atoms with van der Waals surface area (Å²) in [5.41, 5.74) is 2.24. The zero-order valence-electron chi connectivity index (χ0n) is 13.5. The molecule has 1 heterocycles. The van der Waals surface area contributed by atoms with Gasteiger partial charge in [-0.2, -0.15) is 0 Å². The Hall–Kier alpha value is -1.71. The Balaban J connectivity index is 1.99. The highest BCUT2D eigenvalue weighted by Gasteiger charge is 2.23. The number of hydrogen-bond acceptors (Lipinski definition) is 3. The molecule has 0 saturated carbocycles. The molecular formula is C17H26N2O2. The normalized spacial score (nSPS) is 15.6. The Morgan fingerprint density at radius 2 is 2.24 bits per heavy atom. The first-order valence-corrected chi connectivity index (χ1v) is 7.77. The summed E-state index contributed by atoms with van der Waals surface area (Å²) in [6, 6.07) is 6.02. The van der Waals surface area contributed by atoms with Crippen molar-refractivity contribution in [2.75, 3.05) is 11.9 Å². The maximum atomic E-state index is 12.2. The Labute approximate surface area is 127 Å². The van der Waals surface area contributed by atoms with Crippen molar-refractivity contribution in [3.8, 4) is 5.75 Å². The lowest BCUT2D eigenvalue weighted by Gasteiger charge is -2.27. The van der Waals surface area contributed by atoms with Crippen LogP contribution in [0.2, 0.25) is 0 Å². The summed E-state index contributed by atoms with van der Waals surface area (Å²) >= 11 is 0. The van der Waals surface area contributed by atoms with Crippen molar-refractivity contribution in [2.24, 2.45) is 0 Å². The van der Waals surface area contributed by atoms with Gasteiger partial charge < -0.3 is 15.4 Å². The van der Waals surface area contributed by atoms with Crippen LogP contribution in [0.4, 0.5) is 5.69 Å². The van der Waals surface area contributed by atoms with Gasteiger partial charge in [0.15, 0.2) is 6.10 Å². The molecule has 4 heteroatoms. The molecule has 1 atom stereocenters. The van der Waals surface area contributed by atoms with Crippen molar-refractivity contribution in [3.05, 3.63) is 23.8 Å². The average molecular weight is 290 g/mol. The smallest absolute Gasteiger partial charge is 0.261 e. The van der Waals surface area contributed by atoms with E-state index in [9.17, 15) is 4.79 Å². The van der Waals surface area contributed by atoms with Crippen LogP contribution in [0.3, 0.4) is 0 Å². The van der Waals surface area contributed by atoms with E-state index in [0.717, 1.165) is 37.2 Å². The van der Waals surface area contributed by atoms with Gasteiger partial charge in [-0.05, 0) is 51.7 Å². The number of anilines is 1. The predicted molar refractivity (Wildman–Crippen MR) is 85.9 cm³/mol. The van der Waals surface area contributed by atoms with Gasteiger partial charge in [0, 0.05) is 23.8 Å². The molecule has 0 saturated heterocycles. The van der Waals surface area contributed by atoms with Crippen molar-refractivity contribution in [1.82, 2.24) is 5.32 Å². The molecule has 4 nitrogen and oxygen atoms in total. The second kappa shape index (κ2) is 6.37. The van der Waals surface area contributed by atoms with Gasteiger partial charge in [-0.1, -0.05) is 13.0 Å². The van der Waals surface area contributed by atoms with E-state index >= 15 is 0 Å². The van der Waals surface area contributed by atoms with Crippen molar-refractivity contribution < 1.29 is 9.53 Å². The zero-order valence-corrected chi connectivity index (χ0v) is 13.5. The second-order valence-corrected chi connectivity index (χ2v) is 6.34. The van der Waals surface area contributed by atoms with Crippen LogP contribution >= 0.6 is 0 Å². The van der Waals surface area contributed by atoms with Crippen LogP contribution in [0.5, 0.6) is 5.75 Å². The molecule has 1 aromatic carbocycles. The number of carbonyl (C=O) groups excluding carboxylic acids is 1. The van der Waals surface area contributed by atoms with E-state index in [1.807, 2.05) is 26.0 Å². The summed E-state index contributed by atoms with van der Waals surface area (Å²) < 4.78 is 5.78. The van der Waals surface area contributed by atoms with E-state index in [4.69, 9.17) is 4.74 Å². The molecule has 1 aliphatic rings. The average Bonchev–Trinajstić information content (AvgIpc) is 2.46. The molecule has 1 aliphatic heterocycles. The highest BCUT2D eigenvalue weighted by Crippen LogP contribution is 2.27. The minimum Gasteiger partial charge on any atom is -0.481 e. The van der Waals surface area contributed by atoms with E-state index < -0.39 is 6.10 Å². The summed E-state index contributed by atoms with van der Waals surface area (Å²) in [6.45, 7) is 8.87. The number of fused-ring (bicyclic) bond motifs is 1. The fourth-order valence-corrected chi connectivity index (χ4v) is 2.29. The lowest BCUT2D eigenvalue weighted by Crippen LogP contribution is -2.48. The molecule has 2 rings (SSSR count). The Morgan fingerprint density at radius 1 is 1.48 bits per heavy atom. The zero-order chi connectivity index (χ0) is 15.5. The fraction of sp³-hybridized carbons (Fsp3) is 0.588. The van der Waals surface area contributed by atoms with Crippen LogP contribution in [-0.2, 0) is 11.2 Å². The van der Waals surface area contributed by atoms with Gasteiger partial charge >= 0.3 is 0 Å². The Morgan fingerprint density at radius 3 is 2.95 bits per heavy atom. The van der Waals surface area contributed by atoms with E-state index in [1.54, 1.807) is 6.92 Å². The molecule has 0 bridgehead atoms. The third-order valence-electron chi connectivity index (χ3n) is 4.05. The topological polar surface area (TPSA) is 50.4 Å². The number of rotatable bonds is 5. The summed E-state index contributed by atoms with van der Waals surface area (Å²) in [6.07, 6.45) is 2.65. The molecule has 0 spiro atoms. The van der Waals surface area contributed by atoms with Crippen molar-refractivity contribution in [2.45, 2.75) is 58.6 Å². The first-order chi connectivity index (χ1) is 9.91. The number of aryl methyl sites for hydroxylation is 1. The van der Waals surface area contributed by atoms with Gasteiger partial charge in [-0.25, -0.2) is 0 Å². The van der Waals surface area contributed by atoms with Crippen LogP contribution in [0.25, 0.3) is 0 Å². The highest BCUT2D eigenvalue weighted by atomic mass is 16.5. The van der Waals surface area contributed by atoms with Gasteiger partial charge in [0.25, 0.3) is 5.91 Å². The number of nitrogens with one attached hydrogen (secondary N) is 2. The van der Waals surface area contributed by atoms with Gasteiger partial charge in [-0.15, -0.1) is 0 Å². The number of hydrogen-bond donors (Lipinski definition) is 2. The largest absolute Gasteiger partial charge is 0.481 e. The molecular weight excluding hydrogens is 264 g/mol. The SMILES string of the molecule is CCC(C)(C)NC(=O)C(C)Oc1ccc2c(c1)NCCC2. The molecule has 0 aromatic heterocycles. The summed E-state index contributed by atoms with van der Waals surface area (Å²) in [7, 11) is 0. The number of amides is 1. The molecule has 1 aromatic rings. The van der Waals surface area contributed by atoms with Crippen LogP contribution in [0.1, 0.15) is 46.1 Å². The quantitative estimate of drug-likeness (QED) is 0.876. The minimum atomic E-state index is -0.502. The van der Waals surface area contributed by atoms with E-state index in [2.05, 4.69) is 23.6 Å². The molecule has 2 N–H and O–H groups in total. The minimum absolute atomic E-state index is 0.0764. The maximum absolute atomic E-state index is 12.2. The van der Waals surface area contributed by atoms with Crippen LogP contribution < -0.4 is 15.4 Å². The molecule has 0 aliphatic carbocycles. The summed E-state index contributed by atoms with van der Waals surface area (Å²) in [5, 5.41) is 6.38. The first kappa shape index (κ1) is 15.7. The number of benzene rings is 1. The second-order valence-electron chi connectivity index (χ2n) is 6.34. The molecule has 116 valence electrons. The lowest BCUT2D eigenvalue weighted by atomic mass is 10.0. The van der Waals surface area contributed by atoms with E-state index in [-0.39, 0.29) is 11.4 Å². The molecule has 1 unspecified atom stereocenters. The van der Waals surface area contributed by atoms with Gasteiger partial charge in [0.05, 0.1) is 0 Å². The molecule has 1 amide bonds. The summed E-state index contributed by atoms with van der Waals surface area (Å²) in [4.78, 5) is 12.2. The van der Waals surface area contributed by atoms with E-state index in [0.29, 0.717) is 0 Å². The van der Waals surface area contributed by atoms with Crippen molar-refractivity contribution >= 4 is 11.6 Å². The van der Waals surface area contributed by atoms with Crippen LogP contribution in [0, 0.1) is 0 Å². The summed E-state index contributed by atoms with van der Waals surface area (Å²) in [5.74, 6) is 0.660. The monoisotopic (exact) mass is 290 g/mol. The van der Waals surface area contributed by atoms with Gasteiger partial charge in [0.2, 0.25) is 0 Å². The fourth-order valence-electron chi connectivity index (χ4n) is 2.29. The third kappa shape index (κ3) is 4.13. The van der Waals surface area contributed by atoms with Crippen molar-refractivity contribution in [3.63, 3.8) is 0 Å². The van der Waals surface area contributed by atoms with Crippen LogP contribution in [-0.4, -0.2) is 24.1 Å². The third-order valence-corrected chi connectivity index (χ3v) is 4.05. The predicted octanol–water partition coefficient (Wildman–Crippen LogP) is 3.12. The molecule has 0 radical (unpaired) electrons. The standard InChI is InChI=1S/C17H26N2O2/c1-5-17(3,4)19-16(20)12(2)21-14-9-8-13-7-6-10-18-15(13)11-14/h8-9,11-12,18H,5-7,10H2,1-4H3,(H,19,20). The van der Waals surface area contributed by atoms with Crippen LogP contribution in [0.15, 0.2) is 18.2 Å². The number of carbonyl (C=O) groups is 1. The number of ether oxygens (including phenoxy) is 1. The van der Waals surface area contributed by atoms with Gasteiger partial charge in [-0.3, -0.25) is 4.79 Å². The molecule has 21 heavy (non-hydrogen) atoms. The Bertz CT molecular complexity index is 512. The lowest BCUT2D eigenvalue weighted by molar-refractivity contribution is -0.128. The highest BCUT2D eigenvalue weighted by molar-refractivity contribution is 5.81. The first-order valence-electron chi connectivity index (χ1n) is 7.77. The van der Waals surface area contributed by atoms with E-state index in [1.165, 1.54) is 5.56 Å². The maximum Gasteiger partial charge on any atom is 0.261 e. The Kier molecular flexibility index (Phi) is 4.76. The molecule has 0 fully saturated rings. The van der Waals surface area contributed by atoms with Crippen molar-refractivity contribution in [1.29, 1.82) is 0 Å². The van der Waals surface area contributed by atoms with Gasteiger partial charge in [0.1, 0.15) is 5.75 Å².